The minimum Gasteiger partial charge on any atom is -0.456 e. The first kappa shape index (κ1) is 19.0. The lowest BCUT2D eigenvalue weighted by molar-refractivity contribution is -0.150. The average Bonchev–Trinajstić information content (AvgIpc) is 3.07. The van der Waals surface area contributed by atoms with Crippen LogP contribution in [0.2, 0.25) is 0 Å². The fourth-order valence-corrected chi connectivity index (χ4v) is 7.23. The van der Waals surface area contributed by atoms with Crippen LogP contribution < -0.4 is 5.32 Å². The van der Waals surface area contributed by atoms with Crippen LogP contribution in [0.3, 0.4) is 0 Å². The summed E-state index contributed by atoms with van der Waals surface area (Å²) in [6.07, 6.45) is 9.14. The minimum atomic E-state index is -0.299. The third kappa shape index (κ3) is 4.18. The van der Waals surface area contributed by atoms with Crippen LogP contribution in [0.4, 0.5) is 0 Å². The maximum atomic E-state index is 12.4. The van der Waals surface area contributed by atoms with Gasteiger partial charge in [0, 0.05) is 12.0 Å². The highest BCUT2D eigenvalue weighted by Gasteiger charge is 2.51. The summed E-state index contributed by atoms with van der Waals surface area (Å²) in [7, 11) is 0. The van der Waals surface area contributed by atoms with Gasteiger partial charge >= 0.3 is 5.97 Å². The number of hydrogen-bond donors (Lipinski definition) is 1. The number of hydrogen-bond acceptors (Lipinski definition) is 5. The van der Waals surface area contributed by atoms with Crippen LogP contribution in [0.5, 0.6) is 0 Å². The molecule has 4 fully saturated rings. The quantitative estimate of drug-likeness (QED) is 0.691. The zero-order valence-electron chi connectivity index (χ0n) is 16.7. The van der Waals surface area contributed by atoms with Gasteiger partial charge in [0.1, 0.15) is 0 Å². The smallest absolute Gasteiger partial charge is 0.306 e. The molecule has 2 aromatic rings. The summed E-state index contributed by atoms with van der Waals surface area (Å²) in [5, 5.41) is 4.29. The largest absolute Gasteiger partial charge is 0.456 e. The molecule has 5 nitrogen and oxygen atoms in total. The topological polar surface area (TPSA) is 68.3 Å². The molecule has 154 valence electrons. The molecule has 4 aliphatic rings. The van der Waals surface area contributed by atoms with Crippen molar-refractivity contribution in [2.75, 3.05) is 6.61 Å². The molecule has 1 N–H and O–H groups in total. The van der Waals surface area contributed by atoms with Gasteiger partial charge in [0.05, 0.1) is 15.2 Å². The number of para-hydroxylation sites is 1. The zero-order chi connectivity index (χ0) is 19.8. The Balaban J connectivity index is 1.05. The molecule has 4 saturated carbocycles. The normalized spacial score (nSPS) is 29.9. The van der Waals surface area contributed by atoms with E-state index < -0.39 is 0 Å². The SMILES string of the molecule is O=C(COC(=O)CCCc1nc2ccccc2s1)NC12CC3CC(CC(C3)C1)C2. The Morgan fingerprint density at radius 1 is 1.10 bits per heavy atom. The van der Waals surface area contributed by atoms with Gasteiger partial charge < -0.3 is 10.1 Å². The summed E-state index contributed by atoms with van der Waals surface area (Å²) < 4.78 is 6.42. The van der Waals surface area contributed by atoms with Crippen LogP contribution in [-0.2, 0) is 20.7 Å². The van der Waals surface area contributed by atoms with Crippen molar-refractivity contribution in [3.05, 3.63) is 29.3 Å². The molecular weight excluding hydrogens is 384 g/mol. The molecule has 6 rings (SSSR count). The summed E-state index contributed by atoms with van der Waals surface area (Å²) in [6.45, 7) is -0.151. The van der Waals surface area contributed by atoms with Crippen molar-refractivity contribution < 1.29 is 14.3 Å². The van der Waals surface area contributed by atoms with E-state index in [2.05, 4.69) is 16.4 Å². The highest BCUT2D eigenvalue weighted by atomic mass is 32.1. The predicted molar refractivity (Wildman–Crippen MR) is 113 cm³/mol. The Morgan fingerprint density at radius 3 is 2.48 bits per heavy atom. The number of fused-ring (bicyclic) bond motifs is 1. The number of thiazole rings is 1. The van der Waals surface area contributed by atoms with E-state index in [0.717, 1.165) is 54.0 Å². The van der Waals surface area contributed by atoms with E-state index in [9.17, 15) is 9.59 Å². The Labute approximate surface area is 175 Å². The van der Waals surface area contributed by atoms with Gasteiger partial charge in [-0.05, 0) is 81.3 Å². The Bertz CT molecular complexity index is 853. The Hall–Kier alpha value is -1.95. The lowest BCUT2D eigenvalue weighted by atomic mass is 9.53. The minimum absolute atomic E-state index is 0.0227. The van der Waals surface area contributed by atoms with Gasteiger partial charge in [0.2, 0.25) is 0 Å². The maximum absolute atomic E-state index is 12.4. The molecular formula is C23H28N2O3S. The summed E-state index contributed by atoms with van der Waals surface area (Å²) in [5.74, 6) is 1.92. The molecule has 0 unspecified atom stereocenters. The molecule has 1 amide bonds. The molecule has 4 aliphatic carbocycles. The Morgan fingerprint density at radius 2 is 1.79 bits per heavy atom. The van der Waals surface area contributed by atoms with Crippen LogP contribution in [0.15, 0.2) is 24.3 Å². The maximum Gasteiger partial charge on any atom is 0.306 e. The lowest BCUT2D eigenvalue weighted by Crippen LogP contribution is -2.60. The first-order valence-electron chi connectivity index (χ1n) is 10.9. The van der Waals surface area contributed by atoms with E-state index in [1.165, 1.54) is 24.0 Å². The molecule has 1 aromatic heterocycles. The van der Waals surface area contributed by atoms with Gasteiger partial charge in [-0.1, -0.05) is 12.1 Å². The predicted octanol–water partition coefficient (Wildman–Crippen LogP) is 4.25. The molecule has 0 spiro atoms. The van der Waals surface area contributed by atoms with Crippen molar-refractivity contribution in [1.29, 1.82) is 0 Å². The van der Waals surface area contributed by atoms with E-state index in [1.54, 1.807) is 11.3 Å². The fourth-order valence-electron chi connectivity index (χ4n) is 6.22. The third-order valence-electron chi connectivity index (χ3n) is 6.92. The van der Waals surface area contributed by atoms with Gasteiger partial charge in [-0.15, -0.1) is 11.3 Å². The second kappa shape index (κ2) is 7.71. The van der Waals surface area contributed by atoms with E-state index in [1.807, 2.05) is 18.2 Å². The van der Waals surface area contributed by atoms with Gasteiger partial charge in [-0.3, -0.25) is 9.59 Å². The van der Waals surface area contributed by atoms with E-state index in [4.69, 9.17) is 4.74 Å². The number of amides is 1. The standard InChI is InChI=1S/C23H28N2O3S/c26-20(25-23-11-15-8-16(12-23)10-17(9-15)13-23)14-28-22(27)7-3-6-21-24-18-4-1-2-5-19(18)29-21/h1-2,4-5,15-17H,3,6-14H2,(H,25,26). The highest BCUT2D eigenvalue weighted by molar-refractivity contribution is 7.18. The van der Waals surface area contributed by atoms with Crippen molar-refractivity contribution in [3.63, 3.8) is 0 Å². The number of aryl methyl sites for hydroxylation is 1. The van der Waals surface area contributed by atoms with Crippen LogP contribution in [-0.4, -0.2) is 29.0 Å². The molecule has 4 bridgehead atoms. The van der Waals surface area contributed by atoms with Crippen molar-refractivity contribution in [3.8, 4) is 0 Å². The zero-order valence-corrected chi connectivity index (χ0v) is 17.5. The van der Waals surface area contributed by atoms with Crippen molar-refractivity contribution in [2.45, 2.75) is 63.3 Å². The van der Waals surface area contributed by atoms with Crippen LogP contribution in [0.25, 0.3) is 10.2 Å². The molecule has 1 heterocycles. The Kier molecular flexibility index (Phi) is 5.06. The number of carbonyl (C=O) groups excluding carboxylic acids is 2. The van der Waals surface area contributed by atoms with Crippen LogP contribution in [0, 0.1) is 17.8 Å². The van der Waals surface area contributed by atoms with E-state index in [-0.39, 0.29) is 24.0 Å². The second-order valence-corrected chi connectivity index (χ2v) is 10.5. The number of esters is 1. The number of nitrogens with one attached hydrogen (secondary N) is 1. The number of benzene rings is 1. The van der Waals surface area contributed by atoms with Gasteiger partial charge in [0.25, 0.3) is 5.91 Å². The van der Waals surface area contributed by atoms with Crippen molar-refractivity contribution in [1.82, 2.24) is 10.3 Å². The molecule has 0 radical (unpaired) electrons. The highest BCUT2D eigenvalue weighted by Crippen LogP contribution is 2.55. The molecule has 1 aromatic carbocycles. The molecule has 29 heavy (non-hydrogen) atoms. The van der Waals surface area contributed by atoms with Crippen molar-refractivity contribution in [2.24, 2.45) is 17.8 Å². The van der Waals surface area contributed by atoms with Gasteiger partial charge in [-0.25, -0.2) is 4.98 Å². The summed E-state index contributed by atoms with van der Waals surface area (Å²) >= 11 is 1.67. The first-order chi connectivity index (χ1) is 14.1. The molecule has 0 saturated heterocycles. The fraction of sp³-hybridized carbons (Fsp3) is 0.609. The van der Waals surface area contributed by atoms with Gasteiger partial charge in [0.15, 0.2) is 6.61 Å². The van der Waals surface area contributed by atoms with Crippen LogP contribution >= 0.6 is 11.3 Å². The molecule has 0 atom stereocenters. The summed E-state index contributed by atoms with van der Waals surface area (Å²) in [5.41, 5.74) is 0.988. The van der Waals surface area contributed by atoms with E-state index in [0.29, 0.717) is 12.8 Å². The monoisotopic (exact) mass is 412 g/mol. The second-order valence-electron chi connectivity index (χ2n) is 9.34. The average molecular weight is 413 g/mol. The molecule has 0 aliphatic heterocycles. The number of aromatic nitrogens is 1. The number of ether oxygens (including phenoxy) is 1. The van der Waals surface area contributed by atoms with Gasteiger partial charge in [-0.2, -0.15) is 0 Å². The number of nitrogens with zero attached hydrogens (tertiary/aromatic N) is 1. The summed E-state index contributed by atoms with van der Waals surface area (Å²) in [6, 6.07) is 8.06. The van der Waals surface area contributed by atoms with Crippen molar-refractivity contribution >= 4 is 33.4 Å². The first-order valence-corrected chi connectivity index (χ1v) is 11.7. The molecule has 6 heteroatoms. The number of rotatable bonds is 7. The lowest BCUT2D eigenvalue weighted by Gasteiger charge is -2.56. The van der Waals surface area contributed by atoms with E-state index >= 15 is 0 Å². The number of carbonyl (C=O) groups is 2. The van der Waals surface area contributed by atoms with Crippen LogP contribution in [0.1, 0.15) is 56.4 Å². The summed E-state index contributed by atoms with van der Waals surface area (Å²) in [4.78, 5) is 29.1. The third-order valence-corrected chi connectivity index (χ3v) is 8.01.